The number of nitrogens with zero attached hydrogens (tertiary/aromatic N) is 3. The minimum absolute atomic E-state index is 0.0874. The Kier molecular flexibility index (Phi) is 8.97. The molecule has 0 fully saturated rings. The first-order chi connectivity index (χ1) is 17.9. The molecule has 38 heavy (non-hydrogen) atoms. The van der Waals surface area contributed by atoms with E-state index >= 15 is 0 Å². The number of benzene rings is 2. The fourth-order valence-electron chi connectivity index (χ4n) is 3.91. The van der Waals surface area contributed by atoms with Gasteiger partial charge in [0.05, 0.1) is 29.7 Å². The molecule has 0 saturated carbocycles. The maximum absolute atomic E-state index is 13.6. The lowest BCUT2D eigenvalue weighted by molar-refractivity contribution is -0.137. The van der Waals surface area contributed by atoms with Crippen LogP contribution < -0.4 is 26.6 Å². The summed E-state index contributed by atoms with van der Waals surface area (Å²) in [6.45, 7) is 2.11. The van der Waals surface area contributed by atoms with Crippen LogP contribution in [0.25, 0.3) is 5.70 Å². The van der Waals surface area contributed by atoms with Gasteiger partial charge in [-0.05, 0) is 62.5 Å². The number of rotatable bonds is 9. The van der Waals surface area contributed by atoms with E-state index in [-0.39, 0.29) is 29.1 Å². The molecule has 2 aromatic carbocycles. The number of hydrazine groups is 1. The number of hydrogen-bond acceptors (Lipinski definition) is 7. The Hall–Kier alpha value is -4.09. The van der Waals surface area contributed by atoms with Gasteiger partial charge in [0.2, 0.25) is 0 Å². The van der Waals surface area contributed by atoms with Crippen LogP contribution in [0, 0.1) is 0 Å². The van der Waals surface area contributed by atoms with Crippen LogP contribution >= 0.6 is 0 Å². The Morgan fingerprint density at radius 1 is 1.13 bits per heavy atom. The standard InChI is InChI=1S/C27H31F3N6O2/c1-5-17-8-9-18(12-24(17)36(32)16-22(31)19-7-6-10-33-14-19)26(37)34-23-13-21(27(28,29)30)11-20(15-35(2)3)25(23)38-4/h6-14,16H,5,15,31-32H2,1-4H3,(H,34,37)/b22-16-. The second-order valence-corrected chi connectivity index (χ2v) is 8.84. The summed E-state index contributed by atoms with van der Waals surface area (Å²) >= 11 is 0. The van der Waals surface area contributed by atoms with Crippen LogP contribution in [0.5, 0.6) is 5.75 Å². The summed E-state index contributed by atoms with van der Waals surface area (Å²) in [6.07, 6.45) is 0.731. The number of alkyl halides is 3. The molecule has 202 valence electrons. The van der Waals surface area contributed by atoms with Crippen molar-refractivity contribution in [2.24, 2.45) is 11.6 Å². The van der Waals surface area contributed by atoms with E-state index in [1.165, 1.54) is 18.3 Å². The van der Waals surface area contributed by atoms with Crippen molar-refractivity contribution in [2.75, 3.05) is 31.5 Å². The zero-order chi connectivity index (χ0) is 28.0. The number of pyridine rings is 1. The number of amides is 1. The highest BCUT2D eigenvalue weighted by molar-refractivity contribution is 6.06. The maximum Gasteiger partial charge on any atom is 0.416 e. The molecule has 1 amide bonds. The predicted octanol–water partition coefficient (Wildman–Crippen LogP) is 4.62. The summed E-state index contributed by atoms with van der Waals surface area (Å²) in [6, 6.07) is 10.3. The molecular weight excluding hydrogens is 497 g/mol. The summed E-state index contributed by atoms with van der Waals surface area (Å²) in [7, 11) is 4.79. The zero-order valence-electron chi connectivity index (χ0n) is 21.6. The smallest absolute Gasteiger partial charge is 0.416 e. The maximum atomic E-state index is 13.6. The fourth-order valence-corrected chi connectivity index (χ4v) is 3.91. The third-order valence-corrected chi connectivity index (χ3v) is 5.71. The van der Waals surface area contributed by atoms with E-state index in [9.17, 15) is 18.0 Å². The Morgan fingerprint density at radius 3 is 2.45 bits per heavy atom. The van der Waals surface area contributed by atoms with E-state index in [4.69, 9.17) is 16.3 Å². The number of aryl methyl sites for hydroxylation is 1. The predicted molar refractivity (Wildman–Crippen MR) is 142 cm³/mol. The fraction of sp³-hybridized carbons (Fsp3) is 0.259. The second-order valence-electron chi connectivity index (χ2n) is 8.84. The highest BCUT2D eigenvalue weighted by Gasteiger charge is 2.33. The Labute approximate surface area is 219 Å². The molecule has 0 bridgehead atoms. The summed E-state index contributed by atoms with van der Waals surface area (Å²) in [5, 5.41) is 3.89. The zero-order valence-corrected chi connectivity index (χ0v) is 21.6. The second kappa shape index (κ2) is 12.0. The first-order valence-electron chi connectivity index (χ1n) is 11.7. The molecule has 0 unspecified atom stereocenters. The van der Waals surface area contributed by atoms with Gasteiger partial charge >= 0.3 is 6.18 Å². The molecule has 8 nitrogen and oxygen atoms in total. The van der Waals surface area contributed by atoms with Gasteiger partial charge in [0.1, 0.15) is 5.75 Å². The highest BCUT2D eigenvalue weighted by atomic mass is 19.4. The summed E-state index contributed by atoms with van der Waals surface area (Å²) < 4.78 is 46.3. The molecule has 0 aliphatic rings. The van der Waals surface area contributed by atoms with E-state index < -0.39 is 17.6 Å². The molecule has 1 heterocycles. The summed E-state index contributed by atoms with van der Waals surface area (Å²) in [4.78, 5) is 19.0. The van der Waals surface area contributed by atoms with Crippen molar-refractivity contribution in [2.45, 2.75) is 26.1 Å². The van der Waals surface area contributed by atoms with Crippen LogP contribution in [0.3, 0.4) is 0 Å². The first-order valence-corrected chi connectivity index (χ1v) is 11.7. The Balaban J connectivity index is 1.99. The van der Waals surface area contributed by atoms with Gasteiger partial charge in [-0.15, -0.1) is 0 Å². The third-order valence-electron chi connectivity index (χ3n) is 5.71. The first kappa shape index (κ1) is 28.5. The van der Waals surface area contributed by atoms with Crippen LogP contribution in [0.1, 0.15) is 39.5 Å². The quantitative estimate of drug-likeness (QED) is 0.275. The van der Waals surface area contributed by atoms with Gasteiger partial charge < -0.3 is 20.7 Å². The Morgan fingerprint density at radius 2 is 1.87 bits per heavy atom. The lowest BCUT2D eigenvalue weighted by Crippen LogP contribution is -2.27. The molecule has 0 atom stereocenters. The van der Waals surface area contributed by atoms with Crippen molar-refractivity contribution in [1.82, 2.24) is 9.88 Å². The van der Waals surface area contributed by atoms with Gasteiger partial charge in [-0.2, -0.15) is 13.2 Å². The number of carbonyl (C=O) groups excluding carboxylic acids is 1. The number of nitrogens with two attached hydrogens (primary N) is 2. The van der Waals surface area contributed by atoms with Crippen LogP contribution in [0.4, 0.5) is 24.5 Å². The minimum Gasteiger partial charge on any atom is -0.494 e. The molecule has 5 N–H and O–H groups in total. The summed E-state index contributed by atoms with van der Waals surface area (Å²) in [5.74, 6) is 5.81. The minimum atomic E-state index is -4.61. The number of hydrogen-bond donors (Lipinski definition) is 3. The molecule has 0 saturated heterocycles. The van der Waals surface area contributed by atoms with E-state index in [2.05, 4.69) is 10.3 Å². The van der Waals surface area contributed by atoms with Crippen LogP contribution in [0.2, 0.25) is 0 Å². The average Bonchev–Trinajstić information content (AvgIpc) is 2.87. The number of methoxy groups -OCH3 is 1. The molecule has 1 aromatic heterocycles. The highest BCUT2D eigenvalue weighted by Crippen LogP contribution is 2.38. The normalized spacial score (nSPS) is 12.0. The molecule has 3 rings (SSSR count). The van der Waals surface area contributed by atoms with Gasteiger partial charge in [-0.25, -0.2) is 5.84 Å². The van der Waals surface area contributed by atoms with Gasteiger partial charge in [-0.3, -0.25) is 14.8 Å². The summed E-state index contributed by atoms with van der Waals surface area (Å²) in [5.41, 5.74) is 8.04. The van der Waals surface area contributed by atoms with E-state index in [0.717, 1.165) is 17.7 Å². The molecule has 0 aliphatic carbocycles. The topological polar surface area (TPSA) is 110 Å². The molecule has 0 spiro atoms. The SMILES string of the molecule is CCc1ccc(C(=O)Nc2cc(C(F)(F)F)cc(CN(C)C)c2OC)cc1N(N)/C=C(\N)c1cccnc1. The number of halogens is 3. The van der Waals surface area contributed by atoms with Crippen molar-refractivity contribution < 1.29 is 22.7 Å². The van der Waals surface area contributed by atoms with Crippen molar-refractivity contribution in [3.8, 4) is 5.75 Å². The van der Waals surface area contributed by atoms with E-state index in [1.807, 2.05) is 6.92 Å². The average molecular weight is 529 g/mol. The number of carbonyl (C=O) groups is 1. The van der Waals surface area contributed by atoms with Crippen LogP contribution in [-0.2, 0) is 19.1 Å². The van der Waals surface area contributed by atoms with Crippen LogP contribution in [-0.4, -0.2) is 37.0 Å². The number of anilines is 2. The molecule has 11 heteroatoms. The van der Waals surface area contributed by atoms with Crippen molar-refractivity contribution in [1.29, 1.82) is 0 Å². The molecular formula is C27H31F3N6O2. The molecule has 0 aliphatic heterocycles. The van der Waals surface area contributed by atoms with Gasteiger partial charge in [0.25, 0.3) is 5.91 Å². The third kappa shape index (κ3) is 6.81. The lowest BCUT2D eigenvalue weighted by Gasteiger charge is -2.21. The van der Waals surface area contributed by atoms with Gasteiger partial charge in [0.15, 0.2) is 0 Å². The largest absolute Gasteiger partial charge is 0.494 e. The van der Waals surface area contributed by atoms with Gasteiger partial charge in [-0.1, -0.05) is 13.0 Å². The monoisotopic (exact) mass is 528 g/mol. The lowest BCUT2D eigenvalue weighted by atomic mass is 10.0. The van der Waals surface area contributed by atoms with E-state index in [0.29, 0.717) is 23.4 Å². The van der Waals surface area contributed by atoms with Crippen molar-refractivity contribution in [3.05, 3.63) is 88.9 Å². The number of nitrogens with one attached hydrogen (secondary N) is 1. The van der Waals surface area contributed by atoms with Crippen molar-refractivity contribution >= 4 is 23.0 Å². The Bertz CT molecular complexity index is 1310. The molecule has 3 aromatic rings. The van der Waals surface area contributed by atoms with Crippen molar-refractivity contribution in [3.63, 3.8) is 0 Å². The number of ether oxygens (including phenoxy) is 1. The van der Waals surface area contributed by atoms with E-state index in [1.54, 1.807) is 61.7 Å². The number of aromatic nitrogens is 1. The van der Waals surface area contributed by atoms with Crippen LogP contribution in [0.15, 0.2) is 61.1 Å². The molecule has 0 radical (unpaired) electrons. The van der Waals surface area contributed by atoms with Gasteiger partial charge in [0, 0.05) is 41.8 Å².